The monoisotopic (exact) mass is 294 g/mol. The SMILES string of the molecule is C[C@H](N[C@H]1CCCN(CC(F)(F)F)C1=O)[C@@H]1CCCO1. The maximum atomic E-state index is 12.4. The zero-order valence-electron chi connectivity index (χ0n) is 11.6. The highest BCUT2D eigenvalue weighted by Gasteiger charge is 2.38. The molecule has 0 aromatic carbocycles. The number of hydrogen-bond donors (Lipinski definition) is 1. The van der Waals surface area contributed by atoms with Gasteiger partial charge in [-0.15, -0.1) is 0 Å². The Morgan fingerprint density at radius 2 is 2.15 bits per heavy atom. The predicted molar refractivity (Wildman–Crippen MR) is 67.2 cm³/mol. The molecule has 7 heteroatoms. The van der Waals surface area contributed by atoms with E-state index in [1.165, 1.54) is 0 Å². The van der Waals surface area contributed by atoms with E-state index in [1.807, 2.05) is 6.92 Å². The van der Waals surface area contributed by atoms with Gasteiger partial charge in [-0.3, -0.25) is 4.79 Å². The molecule has 2 aliphatic rings. The molecule has 2 aliphatic heterocycles. The van der Waals surface area contributed by atoms with Crippen molar-refractivity contribution in [3.63, 3.8) is 0 Å². The van der Waals surface area contributed by atoms with Crippen LogP contribution in [0.15, 0.2) is 0 Å². The van der Waals surface area contributed by atoms with Crippen molar-refractivity contribution in [2.75, 3.05) is 19.7 Å². The standard InChI is InChI=1S/C13H21F3N2O2/c1-9(11-5-3-7-20-11)17-10-4-2-6-18(12(10)19)8-13(14,15)16/h9-11,17H,2-8H2,1H3/t9-,10-,11-/m0/s1. The van der Waals surface area contributed by atoms with Crippen LogP contribution in [0.3, 0.4) is 0 Å². The highest BCUT2D eigenvalue weighted by molar-refractivity contribution is 5.82. The molecule has 0 aliphatic carbocycles. The third-order valence-corrected chi connectivity index (χ3v) is 3.89. The van der Waals surface area contributed by atoms with E-state index in [1.54, 1.807) is 0 Å². The Balaban J connectivity index is 1.89. The van der Waals surface area contributed by atoms with Gasteiger partial charge in [0.25, 0.3) is 0 Å². The van der Waals surface area contributed by atoms with Gasteiger partial charge in [0, 0.05) is 19.2 Å². The number of rotatable bonds is 4. The van der Waals surface area contributed by atoms with Crippen LogP contribution in [0.2, 0.25) is 0 Å². The molecule has 0 unspecified atom stereocenters. The third-order valence-electron chi connectivity index (χ3n) is 3.89. The number of carbonyl (C=O) groups is 1. The fourth-order valence-electron chi connectivity index (χ4n) is 2.89. The summed E-state index contributed by atoms with van der Waals surface area (Å²) in [5.74, 6) is -0.446. The molecular formula is C13H21F3N2O2. The number of amides is 1. The minimum atomic E-state index is -4.34. The summed E-state index contributed by atoms with van der Waals surface area (Å²) in [6, 6.07) is -0.539. The van der Waals surface area contributed by atoms with E-state index in [9.17, 15) is 18.0 Å². The number of nitrogens with one attached hydrogen (secondary N) is 1. The normalized spacial score (nSPS) is 29.8. The van der Waals surface area contributed by atoms with Crippen LogP contribution in [0.4, 0.5) is 13.2 Å². The van der Waals surface area contributed by atoms with Gasteiger partial charge in [0.05, 0.1) is 12.1 Å². The third kappa shape index (κ3) is 4.09. The number of hydrogen-bond acceptors (Lipinski definition) is 3. The second-order valence-corrected chi connectivity index (χ2v) is 5.58. The van der Waals surface area contributed by atoms with Crippen molar-refractivity contribution in [1.29, 1.82) is 0 Å². The lowest BCUT2D eigenvalue weighted by Crippen LogP contribution is -2.56. The quantitative estimate of drug-likeness (QED) is 0.858. The maximum absolute atomic E-state index is 12.4. The van der Waals surface area contributed by atoms with Gasteiger partial charge in [-0.1, -0.05) is 0 Å². The average Bonchev–Trinajstić information content (AvgIpc) is 2.86. The van der Waals surface area contributed by atoms with Crippen LogP contribution in [0.5, 0.6) is 0 Å². The zero-order valence-corrected chi connectivity index (χ0v) is 11.6. The Labute approximate surface area is 116 Å². The first-order valence-electron chi connectivity index (χ1n) is 7.10. The summed E-state index contributed by atoms with van der Waals surface area (Å²) < 4.78 is 42.8. The van der Waals surface area contributed by atoms with Crippen molar-refractivity contribution in [3.8, 4) is 0 Å². The molecule has 2 saturated heterocycles. The van der Waals surface area contributed by atoms with Crippen LogP contribution in [0, 0.1) is 0 Å². The summed E-state index contributed by atoms with van der Waals surface area (Å²) in [5, 5.41) is 3.14. The fraction of sp³-hybridized carbons (Fsp3) is 0.923. The molecule has 2 heterocycles. The van der Waals surface area contributed by atoms with Gasteiger partial charge in [0.2, 0.25) is 5.91 Å². The van der Waals surface area contributed by atoms with Crippen LogP contribution in [0.25, 0.3) is 0 Å². The summed E-state index contributed by atoms with van der Waals surface area (Å²) in [5.41, 5.74) is 0. The van der Waals surface area contributed by atoms with Crippen molar-refractivity contribution >= 4 is 5.91 Å². The number of piperidine rings is 1. The lowest BCUT2D eigenvalue weighted by molar-refractivity contribution is -0.165. The number of ether oxygens (including phenoxy) is 1. The number of nitrogens with zero attached hydrogens (tertiary/aromatic N) is 1. The Morgan fingerprint density at radius 3 is 2.75 bits per heavy atom. The molecule has 0 aromatic rings. The van der Waals surface area contributed by atoms with E-state index in [-0.39, 0.29) is 18.7 Å². The van der Waals surface area contributed by atoms with Crippen LogP contribution >= 0.6 is 0 Å². The predicted octanol–water partition coefficient (Wildman–Crippen LogP) is 1.70. The van der Waals surface area contributed by atoms with Gasteiger partial charge in [-0.2, -0.15) is 13.2 Å². The molecule has 1 amide bonds. The number of likely N-dealkylation sites (tertiary alicyclic amines) is 1. The van der Waals surface area contributed by atoms with Crippen molar-refractivity contribution < 1.29 is 22.7 Å². The van der Waals surface area contributed by atoms with Crippen LogP contribution in [-0.2, 0) is 9.53 Å². The van der Waals surface area contributed by atoms with E-state index < -0.39 is 24.7 Å². The molecule has 0 saturated carbocycles. The van der Waals surface area contributed by atoms with Gasteiger partial charge in [-0.05, 0) is 32.6 Å². The van der Waals surface area contributed by atoms with Crippen LogP contribution in [-0.4, -0.2) is 54.9 Å². The molecule has 0 bridgehead atoms. The molecule has 2 fully saturated rings. The Kier molecular flexibility index (Phi) is 4.90. The molecule has 20 heavy (non-hydrogen) atoms. The minimum Gasteiger partial charge on any atom is -0.377 e. The smallest absolute Gasteiger partial charge is 0.377 e. The first kappa shape index (κ1) is 15.6. The van der Waals surface area contributed by atoms with Crippen LogP contribution in [0.1, 0.15) is 32.6 Å². The largest absolute Gasteiger partial charge is 0.406 e. The lowest BCUT2D eigenvalue weighted by atomic mass is 10.0. The molecule has 4 nitrogen and oxygen atoms in total. The summed E-state index contributed by atoms with van der Waals surface area (Å²) in [6.45, 7) is 1.67. The fourth-order valence-corrected chi connectivity index (χ4v) is 2.89. The van der Waals surface area contributed by atoms with Gasteiger partial charge in [0.1, 0.15) is 6.54 Å². The van der Waals surface area contributed by atoms with Crippen LogP contribution < -0.4 is 5.32 Å². The number of halogens is 3. The van der Waals surface area contributed by atoms with Crippen molar-refractivity contribution in [2.24, 2.45) is 0 Å². The molecule has 2 rings (SSSR count). The number of alkyl halides is 3. The minimum absolute atomic E-state index is 0.0164. The molecule has 0 aromatic heterocycles. The highest BCUT2D eigenvalue weighted by Crippen LogP contribution is 2.22. The second-order valence-electron chi connectivity index (χ2n) is 5.58. The Bertz CT molecular complexity index is 343. The Hall–Kier alpha value is -0.820. The molecular weight excluding hydrogens is 273 g/mol. The average molecular weight is 294 g/mol. The summed E-state index contributed by atoms with van der Waals surface area (Å²) in [4.78, 5) is 13.0. The van der Waals surface area contributed by atoms with Gasteiger partial charge in [0.15, 0.2) is 0 Å². The van der Waals surface area contributed by atoms with E-state index in [4.69, 9.17) is 4.74 Å². The molecule has 0 radical (unpaired) electrons. The summed E-state index contributed by atoms with van der Waals surface area (Å²) in [6.07, 6.45) is -1.17. The maximum Gasteiger partial charge on any atom is 0.406 e. The number of carbonyl (C=O) groups excluding carboxylic acids is 1. The van der Waals surface area contributed by atoms with Crippen molar-refractivity contribution in [3.05, 3.63) is 0 Å². The summed E-state index contributed by atoms with van der Waals surface area (Å²) in [7, 11) is 0. The molecule has 3 atom stereocenters. The second kappa shape index (κ2) is 6.30. The highest BCUT2D eigenvalue weighted by atomic mass is 19.4. The van der Waals surface area contributed by atoms with Gasteiger partial charge >= 0.3 is 6.18 Å². The van der Waals surface area contributed by atoms with Crippen molar-refractivity contribution in [2.45, 2.75) is 57.0 Å². The topological polar surface area (TPSA) is 41.6 Å². The van der Waals surface area contributed by atoms with Crippen molar-refractivity contribution in [1.82, 2.24) is 10.2 Å². The first-order valence-corrected chi connectivity index (χ1v) is 7.10. The van der Waals surface area contributed by atoms with E-state index in [2.05, 4.69) is 5.32 Å². The summed E-state index contributed by atoms with van der Waals surface area (Å²) >= 11 is 0. The van der Waals surface area contributed by atoms with E-state index >= 15 is 0 Å². The molecule has 1 N–H and O–H groups in total. The molecule has 116 valence electrons. The van der Waals surface area contributed by atoms with E-state index in [0.717, 1.165) is 24.3 Å². The van der Waals surface area contributed by atoms with Gasteiger partial charge < -0.3 is 15.0 Å². The zero-order chi connectivity index (χ0) is 14.8. The molecule has 0 spiro atoms. The first-order chi connectivity index (χ1) is 9.37. The van der Waals surface area contributed by atoms with E-state index in [0.29, 0.717) is 12.8 Å². The van der Waals surface area contributed by atoms with Gasteiger partial charge in [-0.25, -0.2) is 0 Å². The lowest BCUT2D eigenvalue weighted by Gasteiger charge is -2.35. The Morgan fingerprint density at radius 1 is 1.40 bits per heavy atom.